The molecule has 0 aromatic rings. The molecule has 0 heterocycles. The maximum atomic E-state index is 12.6. The number of aliphatic hydroxyl groups is 2. The third-order valence-electron chi connectivity index (χ3n) is 9.26. The molecule has 0 aliphatic carbocycles. The normalized spacial score (nSPS) is 13.9. The Balaban J connectivity index is 4.28. The fraction of sp³-hybridized carbons (Fsp3) is 0.950. The third kappa shape index (κ3) is 37.1. The molecule has 0 aliphatic rings. The Morgan fingerprint density at radius 1 is 0.510 bits per heavy atom. The Morgan fingerprint density at radius 2 is 0.843 bits per heavy atom. The van der Waals surface area contributed by atoms with Gasteiger partial charge in [0.2, 0.25) is 0 Å². The van der Waals surface area contributed by atoms with Crippen LogP contribution in [0.4, 0.5) is 0 Å². The average molecular weight is 751 g/mol. The number of carbonyl (C=O) groups excluding carboxylic acids is 2. The van der Waals surface area contributed by atoms with Gasteiger partial charge in [0, 0.05) is 12.8 Å². The second kappa shape index (κ2) is 37.3. The van der Waals surface area contributed by atoms with Gasteiger partial charge in [-0.25, -0.2) is 4.57 Å². The standard InChI is InChI=1S/C40H79O10P/c1-3-5-7-9-11-13-15-17-19-21-23-25-27-29-31-39(43)47-35-38(36-49-51(45,46)48-34-37(42)33-41)50-40(44)32-30-28-26-24-22-20-18-16-14-12-10-8-6-4-2/h37-38,41-42H,3-36H2,1-2H3,(H,45,46)/t37-,38+/m0/s1. The van der Waals surface area contributed by atoms with E-state index < -0.39 is 51.8 Å². The molecule has 3 N–H and O–H groups in total. The van der Waals surface area contributed by atoms with Gasteiger partial charge >= 0.3 is 19.8 Å². The van der Waals surface area contributed by atoms with E-state index in [0.717, 1.165) is 32.1 Å². The van der Waals surface area contributed by atoms with Gasteiger partial charge in [-0.15, -0.1) is 0 Å². The number of hydrogen-bond acceptors (Lipinski definition) is 9. The van der Waals surface area contributed by atoms with Crippen molar-refractivity contribution >= 4 is 19.8 Å². The highest BCUT2D eigenvalue weighted by Crippen LogP contribution is 2.43. The van der Waals surface area contributed by atoms with Gasteiger partial charge < -0.3 is 24.6 Å². The van der Waals surface area contributed by atoms with Crippen molar-refractivity contribution in [2.24, 2.45) is 0 Å². The zero-order chi connectivity index (χ0) is 37.7. The van der Waals surface area contributed by atoms with Crippen molar-refractivity contribution in [3.8, 4) is 0 Å². The number of phosphoric acid groups is 1. The summed E-state index contributed by atoms with van der Waals surface area (Å²) >= 11 is 0. The summed E-state index contributed by atoms with van der Waals surface area (Å²) in [5.74, 6) is -0.911. The first-order chi connectivity index (χ1) is 24.7. The smallest absolute Gasteiger partial charge is 0.462 e. The molecule has 0 spiro atoms. The first-order valence-corrected chi connectivity index (χ1v) is 22.5. The molecule has 0 aromatic heterocycles. The molecule has 3 atom stereocenters. The summed E-state index contributed by atoms with van der Waals surface area (Å²) in [4.78, 5) is 34.9. The average Bonchev–Trinajstić information content (AvgIpc) is 3.12. The molecule has 10 nitrogen and oxygen atoms in total. The number of aliphatic hydroxyl groups excluding tert-OH is 2. The van der Waals surface area contributed by atoms with E-state index in [4.69, 9.17) is 19.1 Å². The maximum Gasteiger partial charge on any atom is 0.472 e. The lowest BCUT2D eigenvalue weighted by atomic mass is 10.0. The minimum Gasteiger partial charge on any atom is -0.462 e. The Labute approximate surface area is 312 Å². The number of phosphoric ester groups is 1. The van der Waals surface area contributed by atoms with Gasteiger partial charge in [-0.1, -0.05) is 181 Å². The van der Waals surface area contributed by atoms with E-state index >= 15 is 0 Å². The Morgan fingerprint density at radius 3 is 1.22 bits per heavy atom. The van der Waals surface area contributed by atoms with E-state index in [-0.39, 0.29) is 19.4 Å². The van der Waals surface area contributed by atoms with E-state index in [1.54, 1.807) is 0 Å². The van der Waals surface area contributed by atoms with Crippen LogP contribution in [0.2, 0.25) is 0 Å². The zero-order valence-corrected chi connectivity index (χ0v) is 33.7. The van der Waals surface area contributed by atoms with Crippen molar-refractivity contribution in [1.82, 2.24) is 0 Å². The Hall–Kier alpha value is -1.03. The van der Waals surface area contributed by atoms with Crippen LogP contribution in [0.25, 0.3) is 0 Å². The molecule has 0 saturated heterocycles. The second-order valence-electron chi connectivity index (χ2n) is 14.4. The van der Waals surface area contributed by atoms with Crippen molar-refractivity contribution in [1.29, 1.82) is 0 Å². The second-order valence-corrected chi connectivity index (χ2v) is 15.8. The molecular weight excluding hydrogens is 671 g/mol. The monoisotopic (exact) mass is 751 g/mol. The molecule has 1 unspecified atom stereocenters. The van der Waals surface area contributed by atoms with Crippen LogP contribution in [0.1, 0.15) is 206 Å². The number of hydrogen-bond donors (Lipinski definition) is 3. The highest BCUT2D eigenvalue weighted by atomic mass is 31.2. The largest absolute Gasteiger partial charge is 0.472 e. The van der Waals surface area contributed by atoms with E-state index in [2.05, 4.69) is 18.4 Å². The zero-order valence-electron chi connectivity index (χ0n) is 32.8. The highest BCUT2D eigenvalue weighted by molar-refractivity contribution is 7.47. The summed E-state index contributed by atoms with van der Waals surface area (Å²) < 4.78 is 32.7. The van der Waals surface area contributed by atoms with Crippen molar-refractivity contribution in [3.63, 3.8) is 0 Å². The lowest BCUT2D eigenvalue weighted by Gasteiger charge is -2.20. The van der Waals surface area contributed by atoms with E-state index in [0.29, 0.717) is 12.8 Å². The maximum absolute atomic E-state index is 12.6. The molecular formula is C40H79O10P. The van der Waals surface area contributed by atoms with Crippen LogP contribution in [0.5, 0.6) is 0 Å². The highest BCUT2D eigenvalue weighted by Gasteiger charge is 2.27. The predicted octanol–water partition coefficient (Wildman–Crippen LogP) is 10.7. The van der Waals surface area contributed by atoms with Crippen LogP contribution in [0.15, 0.2) is 0 Å². The van der Waals surface area contributed by atoms with Gasteiger partial charge in [0.25, 0.3) is 0 Å². The summed E-state index contributed by atoms with van der Waals surface area (Å²) in [7, 11) is -4.60. The van der Waals surface area contributed by atoms with Crippen molar-refractivity contribution in [2.45, 2.75) is 219 Å². The molecule has 0 rings (SSSR count). The molecule has 0 saturated carbocycles. The van der Waals surface area contributed by atoms with Crippen molar-refractivity contribution in [3.05, 3.63) is 0 Å². The third-order valence-corrected chi connectivity index (χ3v) is 10.2. The van der Waals surface area contributed by atoms with Crippen LogP contribution >= 0.6 is 7.82 Å². The number of carbonyl (C=O) groups is 2. The van der Waals surface area contributed by atoms with Crippen LogP contribution in [-0.4, -0.2) is 65.7 Å². The van der Waals surface area contributed by atoms with Gasteiger partial charge in [0.05, 0.1) is 19.8 Å². The minimum atomic E-state index is -4.60. The van der Waals surface area contributed by atoms with Crippen LogP contribution in [-0.2, 0) is 32.7 Å². The summed E-state index contributed by atoms with van der Waals surface area (Å²) in [6, 6.07) is 0. The molecule has 0 aromatic carbocycles. The fourth-order valence-electron chi connectivity index (χ4n) is 5.99. The molecule has 0 bridgehead atoms. The molecule has 0 aliphatic heterocycles. The predicted molar refractivity (Wildman–Crippen MR) is 206 cm³/mol. The van der Waals surface area contributed by atoms with Crippen molar-refractivity contribution < 1.29 is 47.8 Å². The Kier molecular flexibility index (Phi) is 36.5. The van der Waals surface area contributed by atoms with Gasteiger partial charge in [-0.2, -0.15) is 0 Å². The quantitative estimate of drug-likeness (QED) is 0.0314. The molecule has 51 heavy (non-hydrogen) atoms. The van der Waals surface area contributed by atoms with E-state index in [9.17, 15) is 24.2 Å². The van der Waals surface area contributed by atoms with Crippen molar-refractivity contribution in [2.75, 3.05) is 26.4 Å². The number of rotatable bonds is 40. The van der Waals surface area contributed by atoms with E-state index in [1.165, 1.54) is 135 Å². The summed E-state index contributed by atoms with van der Waals surface area (Å²) in [6.07, 6.45) is 32.1. The SMILES string of the molecule is CCCCCCCCCCCCCCCCC(=O)OC[C@H](COP(=O)(O)OC[C@@H](O)CO)OC(=O)CCCCCCCCCCCCCCCC. The van der Waals surface area contributed by atoms with Gasteiger partial charge in [-0.05, 0) is 12.8 Å². The summed E-state index contributed by atoms with van der Waals surface area (Å²) in [5, 5.41) is 18.3. The van der Waals surface area contributed by atoms with Crippen LogP contribution < -0.4 is 0 Å². The number of esters is 2. The van der Waals surface area contributed by atoms with Gasteiger partial charge in [0.1, 0.15) is 12.7 Å². The molecule has 304 valence electrons. The molecule has 0 fully saturated rings. The minimum absolute atomic E-state index is 0.192. The molecule has 0 radical (unpaired) electrons. The Bertz CT molecular complexity index is 827. The first-order valence-electron chi connectivity index (χ1n) is 21.0. The lowest BCUT2D eigenvalue weighted by Crippen LogP contribution is -2.29. The number of ether oxygens (including phenoxy) is 2. The van der Waals surface area contributed by atoms with Gasteiger partial charge in [-0.3, -0.25) is 18.6 Å². The molecule has 0 amide bonds. The topological polar surface area (TPSA) is 149 Å². The first kappa shape index (κ1) is 50.0. The lowest BCUT2D eigenvalue weighted by molar-refractivity contribution is -0.161. The van der Waals surface area contributed by atoms with Crippen LogP contribution in [0.3, 0.4) is 0 Å². The number of unbranched alkanes of at least 4 members (excludes halogenated alkanes) is 26. The summed E-state index contributed by atoms with van der Waals surface area (Å²) in [5.41, 5.74) is 0. The van der Waals surface area contributed by atoms with E-state index in [1.807, 2.05) is 0 Å². The fourth-order valence-corrected chi connectivity index (χ4v) is 6.78. The summed E-state index contributed by atoms with van der Waals surface area (Å²) in [6.45, 7) is 2.41. The molecule has 11 heteroatoms. The van der Waals surface area contributed by atoms with Gasteiger partial charge in [0.15, 0.2) is 6.10 Å². The van der Waals surface area contributed by atoms with Crippen LogP contribution in [0, 0.1) is 0 Å².